The van der Waals surface area contributed by atoms with Crippen LogP contribution >= 0.6 is 15.9 Å². The van der Waals surface area contributed by atoms with E-state index in [0.717, 1.165) is 30.1 Å². The van der Waals surface area contributed by atoms with Crippen molar-refractivity contribution in [2.45, 2.75) is 18.2 Å². The van der Waals surface area contributed by atoms with Crippen molar-refractivity contribution in [3.05, 3.63) is 58.7 Å². The zero-order chi connectivity index (χ0) is 14.1. The van der Waals surface area contributed by atoms with Crippen LogP contribution < -0.4 is 9.47 Å². The van der Waals surface area contributed by atoms with Gasteiger partial charge in [0.05, 0.1) is 18.5 Å². The summed E-state index contributed by atoms with van der Waals surface area (Å²) < 4.78 is 11.0. The third-order valence-electron chi connectivity index (χ3n) is 3.73. The van der Waals surface area contributed by atoms with Gasteiger partial charge in [0, 0.05) is 6.42 Å². The molecule has 1 unspecified atom stereocenters. The highest BCUT2D eigenvalue weighted by atomic mass is 79.9. The zero-order valence-corrected chi connectivity index (χ0v) is 13.2. The minimum Gasteiger partial charge on any atom is -0.496 e. The molecule has 1 aliphatic rings. The summed E-state index contributed by atoms with van der Waals surface area (Å²) in [5, 5.41) is 0. The van der Waals surface area contributed by atoms with E-state index in [4.69, 9.17) is 9.47 Å². The highest BCUT2D eigenvalue weighted by Gasteiger charge is 2.17. The molecule has 0 spiro atoms. The number of benzene rings is 2. The van der Waals surface area contributed by atoms with E-state index in [1.54, 1.807) is 7.11 Å². The number of fused-ring (bicyclic) bond motifs is 1. The van der Waals surface area contributed by atoms with Crippen molar-refractivity contribution in [1.29, 1.82) is 0 Å². The molecular weight excluding hydrogens is 316 g/mol. The van der Waals surface area contributed by atoms with Gasteiger partial charge in [0.15, 0.2) is 0 Å². The fraction of sp³-hybridized carbons (Fsp3) is 0.294. The van der Waals surface area contributed by atoms with Crippen LogP contribution in [0.2, 0.25) is 0 Å². The highest BCUT2D eigenvalue weighted by molar-refractivity contribution is 9.09. The number of hydrogen-bond acceptors (Lipinski definition) is 2. The van der Waals surface area contributed by atoms with Crippen molar-refractivity contribution < 1.29 is 9.47 Å². The summed E-state index contributed by atoms with van der Waals surface area (Å²) in [6, 6.07) is 12.7. The molecule has 3 rings (SSSR count). The van der Waals surface area contributed by atoms with E-state index < -0.39 is 0 Å². The van der Waals surface area contributed by atoms with Gasteiger partial charge in [-0.3, -0.25) is 0 Å². The lowest BCUT2D eigenvalue weighted by atomic mass is 10.0. The van der Waals surface area contributed by atoms with E-state index in [1.807, 2.05) is 0 Å². The van der Waals surface area contributed by atoms with Crippen LogP contribution in [0.1, 0.15) is 27.1 Å². The van der Waals surface area contributed by atoms with E-state index in [2.05, 4.69) is 59.3 Å². The first-order valence-electron chi connectivity index (χ1n) is 6.73. The predicted octanol–water partition coefficient (Wildman–Crippen LogP) is 4.42. The fourth-order valence-electron chi connectivity index (χ4n) is 2.55. The van der Waals surface area contributed by atoms with Gasteiger partial charge < -0.3 is 9.47 Å². The Morgan fingerprint density at radius 3 is 2.70 bits per heavy atom. The minimum absolute atomic E-state index is 0.169. The maximum atomic E-state index is 5.56. The molecule has 0 bridgehead atoms. The van der Waals surface area contributed by atoms with Crippen molar-refractivity contribution in [3.63, 3.8) is 0 Å². The largest absolute Gasteiger partial charge is 0.496 e. The SMILES string of the molecule is COc1cc(C(Br)c2ccc3c(c2)CCO3)ccc1C. The normalized spacial score (nSPS) is 14.6. The van der Waals surface area contributed by atoms with Gasteiger partial charge in [0.1, 0.15) is 11.5 Å². The van der Waals surface area contributed by atoms with Gasteiger partial charge in [0.2, 0.25) is 0 Å². The smallest absolute Gasteiger partial charge is 0.122 e. The number of methoxy groups -OCH3 is 1. The Balaban J connectivity index is 1.94. The predicted molar refractivity (Wildman–Crippen MR) is 84.1 cm³/mol. The van der Waals surface area contributed by atoms with Gasteiger partial charge in [-0.05, 0) is 41.3 Å². The van der Waals surface area contributed by atoms with E-state index >= 15 is 0 Å². The number of halogens is 1. The Hall–Kier alpha value is -1.48. The maximum Gasteiger partial charge on any atom is 0.122 e. The van der Waals surface area contributed by atoms with Crippen LogP contribution in [0.5, 0.6) is 11.5 Å². The van der Waals surface area contributed by atoms with Crippen LogP contribution in [0.15, 0.2) is 36.4 Å². The summed E-state index contributed by atoms with van der Waals surface area (Å²) >= 11 is 3.79. The standard InChI is InChI=1S/C17H17BrO2/c1-11-3-4-14(10-16(11)19-2)17(18)13-5-6-15-12(9-13)7-8-20-15/h3-6,9-10,17H,7-8H2,1-2H3. The Morgan fingerprint density at radius 2 is 1.90 bits per heavy atom. The number of hydrogen-bond donors (Lipinski definition) is 0. The molecular formula is C17H17BrO2. The van der Waals surface area contributed by atoms with Crippen LogP contribution in [-0.2, 0) is 6.42 Å². The quantitative estimate of drug-likeness (QED) is 0.774. The summed E-state index contributed by atoms with van der Waals surface area (Å²) in [6.45, 7) is 2.85. The van der Waals surface area contributed by atoms with Crippen molar-refractivity contribution in [2.75, 3.05) is 13.7 Å². The van der Waals surface area contributed by atoms with Gasteiger partial charge in [-0.1, -0.05) is 40.2 Å². The number of ether oxygens (including phenoxy) is 2. The Morgan fingerprint density at radius 1 is 1.15 bits per heavy atom. The summed E-state index contributed by atoms with van der Waals surface area (Å²) in [7, 11) is 1.71. The average Bonchev–Trinajstić information content (AvgIpc) is 2.94. The van der Waals surface area contributed by atoms with Gasteiger partial charge in [0.25, 0.3) is 0 Å². The van der Waals surface area contributed by atoms with Crippen LogP contribution in [0.3, 0.4) is 0 Å². The topological polar surface area (TPSA) is 18.5 Å². The molecule has 0 aliphatic carbocycles. The van der Waals surface area contributed by atoms with E-state index in [0.29, 0.717) is 0 Å². The number of alkyl halides is 1. The van der Waals surface area contributed by atoms with E-state index in [9.17, 15) is 0 Å². The molecule has 2 aromatic rings. The molecule has 0 fully saturated rings. The second-order valence-corrected chi connectivity index (χ2v) is 5.97. The second kappa shape index (κ2) is 5.49. The molecule has 0 saturated heterocycles. The molecule has 1 atom stereocenters. The van der Waals surface area contributed by atoms with Crippen molar-refractivity contribution in [2.24, 2.45) is 0 Å². The first-order valence-corrected chi connectivity index (χ1v) is 7.65. The van der Waals surface area contributed by atoms with Crippen LogP contribution in [0, 0.1) is 6.92 Å². The summed E-state index contributed by atoms with van der Waals surface area (Å²) in [5.41, 5.74) is 4.90. The van der Waals surface area contributed by atoms with Crippen molar-refractivity contribution in [3.8, 4) is 11.5 Å². The first kappa shape index (κ1) is 13.5. The van der Waals surface area contributed by atoms with Crippen LogP contribution in [0.25, 0.3) is 0 Å². The number of rotatable bonds is 3. The lowest BCUT2D eigenvalue weighted by Gasteiger charge is -2.14. The van der Waals surface area contributed by atoms with Crippen LogP contribution in [-0.4, -0.2) is 13.7 Å². The minimum atomic E-state index is 0.169. The molecule has 2 nitrogen and oxygen atoms in total. The molecule has 2 aromatic carbocycles. The summed E-state index contributed by atoms with van der Waals surface area (Å²) in [5.74, 6) is 1.95. The monoisotopic (exact) mass is 332 g/mol. The van der Waals surface area contributed by atoms with Crippen LogP contribution in [0.4, 0.5) is 0 Å². The Bertz CT molecular complexity index is 626. The van der Waals surface area contributed by atoms with Gasteiger partial charge in [-0.2, -0.15) is 0 Å². The third kappa shape index (κ3) is 2.42. The van der Waals surface area contributed by atoms with Crippen molar-refractivity contribution >= 4 is 15.9 Å². The molecule has 104 valence electrons. The lowest BCUT2D eigenvalue weighted by molar-refractivity contribution is 0.357. The summed E-state index contributed by atoms with van der Waals surface area (Å²) in [6.07, 6.45) is 1.00. The Labute approximate surface area is 127 Å². The summed E-state index contributed by atoms with van der Waals surface area (Å²) in [4.78, 5) is 0.169. The zero-order valence-electron chi connectivity index (χ0n) is 11.7. The lowest BCUT2D eigenvalue weighted by Crippen LogP contribution is -1.96. The Kier molecular flexibility index (Phi) is 3.70. The average molecular weight is 333 g/mol. The van der Waals surface area contributed by atoms with Gasteiger partial charge in [-0.15, -0.1) is 0 Å². The third-order valence-corrected chi connectivity index (χ3v) is 4.79. The van der Waals surface area contributed by atoms with E-state index in [-0.39, 0.29) is 4.83 Å². The maximum absolute atomic E-state index is 5.56. The molecule has 1 aliphatic heterocycles. The molecule has 0 amide bonds. The first-order chi connectivity index (χ1) is 9.69. The fourth-order valence-corrected chi connectivity index (χ4v) is 3.12. The van der Waals surface area contributed by atoms with E-state index in [1.165, 1.54) is 16.7 Å². The molecule has 1 heterocycles. The molecule has 0 N–H and O–H groups in total. The molecule has 3 heteroatoms. The van der Waals surface area contributed by atoms with Gasteiger partial charge in [-0.25, -0.2) is 0 Å². The molecule has 0 saturated carbocycles. The highest BCUT2D eigenvalue weighted by Crippen LogP contribution is 2.36. The van der Waals surface area contributed by atoms with Crippen molar-refractivity contribution in [1.82, 2.24) is 0 Å². The van der Waals surface area contributed by atoms with Gasteiger partial charge >= 0.3 is 0 Å². The molecule has 0 radical (unpaired) electrons. The second-order valence-electron chi connectivity index (χ2n) is 5.06. The molecule has 0 aromatic heterocycles. The molecule has 20 heavy (non-hydrogen) atoms. The number of aryl methyl sites for hydroxylation is 1.